The van der Waals surface area contributed by atoms with Crippen molar-refractivity contribution in [3.05, 3.63) is 101 Å². The smallest absolute Gasteiger partial charge is 0.250 e. The highest BCUT2D eigenvalue weighted by Crippen LogP contribution is 2.61. The Labute approximate surface area is 189 Å². The van der Waals surface area contributed by atoms with E-state index < -0.39 is 17.3 Å². The van der Waals surface area contributed by atoms with Crippen molar-refractivity contribution in [1.82, 2.24) is 4.90 Å². The van der Waals surface area contributed by atoms with Crippen LogP contribution in [0.25, 0.3) is 0 Å². The zero-order valence-corrected chi connectivity index (χ0v) is 18.0. The van der Waals surface area contributed by atoms with Crippen molar-refractivity contribution >= 4 is 29.1 Å². The number of nitrogens with one attached hydrogen (secondary N) is 1. The lowest BCUT2D eigenvalue weighted by atomic mass is 9.69. The van der Waals surface area contributed by atoms with Crippen molar-refractivity contribution in [2.75, 3.05) is 16.9 Å². The zero-order valence-electron chi connectivity index (χ0n) is 17.2. The van der Waals surface area contributed by atoms with Crippen molar-refractivity contribution in [2.45, 2.75) is 17.5 Å². The Bertz CT molecular complexity index is 1220. The molecule has 1 N–H and O–H groups in total. The van der Waals surface area contributed by atoms with Crippen LogP contribution in [0.3, 0.4) is 0 Å². The molecule has 1 amide bonds. The predicted octanol–water partition coefficient (Wildman–Crippen LogP) is 4.64. The molecule has 6 heteroatoms. The first-order valence-corrected chi connectivity index (χ1v) is 11.9. The molecule has 32 heavy (non-hydrogen) atoms. The van der Waals surface area contributed by atoms with E-state index in [-0.39, 0.29) is 23.7 Å². The SMILES string of the molecule is O=C(c1ccccc1)[C@@H]1[C@H](c2ccccc2)[C@@H]2CSCN2[C@@]12C(=O)Nc1ccc(F)cc12. The van der Waals surface area contributed by atoms with Gasteiger partial charge in [-0.15, -0.1) is 11.8 Å². The number of rotatable bonds is 3. The molecule has 0 bridgehead atoms. The molecule has 4 atom stereocenters. The van der Waals surface area contributed by atoms with Crippen LogP contribution < -0.4 is 5.32 Å². The minimum Gasteiger partial charge on any atom is -0.324 e. The van der Waals surface area contributed by atoms with E-state index in [4.69, 9.17) is 0 Å². The van der Waals surface area contributed by atoms with Gasteiger partial charge in [-0.25, -0.2) is 4.39 Å². The van der Waals surface area contributed by atoms with Crippen molar-refractivity contribution < 1.29 is 14.0 Å². The number of amides is 1. The summed E-state index contributed by atoms with van der Waals surface area (Å²) in [4.78, 5) is 30.1. The summed E-state index contributed by atoms with van der Waals surface area (Å²) in [5.41, 5.74) is 1.53. The number of fused-ring (bicyclic) bond motifs is 4. The molecule has 0 aromatic heterocycles. The lowest BCUT2D eigenvalue weighted by molar-refractivity contribution is -0.127. The summed E-state index contributed by atoms with van der Waals surface area (Å²) in [7, 11) is 0. The topological polar surface area (TPSA) is 49.4 Å². The van der Waals surface area contributed by atoms with Crippen LogP contribution in [-0.4, -0.2) is 34.3 Å². The Morgan fingerprint density at radius 1 is 1.03 bits per heavy atom. The monoisotopic (exact) mass is 444 g/mol. The molecule has 6 rings (SSSR count). The summed E-state index contributed by atoms with van der Waals surface area (Å²) in [6.45, 7) is 0. The summed E-state index contributed by atoms with van der Waals surface area (Å²) in [6.07, 6.45) is 0. The highest BCUT2D eigenvalue weighted by atomic mass is 32.2. The number of hydrogen-bond acceptors (Lipinski definition) is 4. The standard InChI is InChI=1S/C26H21FN2O2S/c27-18-11-12-20-19(13-18)26(25(31)28-20)23(24(30)17-9-5-2-6-10-17)22(16-7-3-1-4-8-16)21-14-32-15-29(21)26/h1-13,21-23H,14-15H2,(H,28,31)/t21-,22+,23-,26+/m0/s1. The molecule has 0 radical (unpaired) electrons. The molecule has 3 aromatic rings. The van der Waals surface area contributed by atoms with Gasteiger partial charge in [-0.3, -0.25) is 14.5 Å². The summed E-state index contributed by atoms with van der Waals surface area (Å²) in [5.74, 6) is -0.130. The lowest BCUT2D eigenvalue weighted by Crippen LogP contribution is -2.52. The number of benzene rings is 3. The van der Waals surface area contributed by atoms with E-state index in [0.29, 0.717) is 22.7 Å². The van der Waals surface area contributed by atoms with Gasteiger partial charge >= 0.3 is 0 Å². The predicted molar refractivity (Wildman–Crippen MR) is 123 cm³/mol. The Hall–Kier alpha value is -2.96. The molecule has 3 aromatic carbocycles. The van der Waals surface area contributed by atoms with Crippen LogP contribution in [0.15, 0.2) is 78.9 Å². The number of thioether (sulfide) groups is 1. The molecule has 2 saturated heterocycles. The van der Waals surface area contributed by atoms with Gasteiger partial charge < -0.3 is 5.32 Å². The molecular formula is C26H21FN2O2S. The zero-order chi connectivity index (χ0) is 21.9. The second-order valence-corrected chi connectivity index (χ2v) is 9.59. The molecule has 3 heterocycles. The normalized spacial score (nSPS) is 28.5. The fourth-order valence-electron chi connectivity index (χ4n) is 5.88. The molecule has 1 spiro atoms. The maximum absolute atomic E-state index is 14.5. The lowest BCUT2D eigenvalue weighted by Gasteiger charge is -2.36. The van der Waals surface area contributed by atoms with Crippen molar-refractivity contribution in [3.63, 3.8) is 0 Å². The van der Waals surface area contributed by atoms with E-state index in [2.05, 4.69) is 10.2 Å². The number of carbonyl (C=O) groups is 2. The van der Waals surface area contributed by atoms with Crippen molar-refractivity contribution in [2.24, 2.45) is 5.92 Å². The van der Waals surface area contributed by atoms with Gasteiger partial charge in [0.1, 0.15) is 11.4 Å². The summed E-state index contributed by atoms with van der Waals surface area (Å²) in [5, 5.41) is 2.97. The minimum atomic E-state index is -1.24. The molecule has 4 nitrogen and oxygen atoms in total. The van der Waals surface area contributed by atoms with Gasteiger partial charge in [0.15, 0.2) is 5.78 Å². The molecular weight excluding hydrogens is 423 g/mol. The van der Waals surface area contributed by atoms with Crippen LogP contribution in [-0.2, 0) is 10.3 Å². The fourth-order valence-corrected chi connectivity index (χ4v) is 7.20. The van der Waals surface area contributed by atoms with Crippen molar-refractivity contribution in [1.29, 1.82) is 0 Å². The Balaban J connectivity index is 1.63. The third kappa shape index (κ3) is 2.60. The van der Waals surface area contributed by atoms with Crippen LogP contribution in [0, 0.1) is 11.7 Å². The van der Waals surface area contributed by atoms with E-state index in [1.54, 1.807) is 30.0 Å². The quantitative estimate of drug-likeness (QED) is 0.598. The average Bonchev–Trinajstić information content (AvgIpc) is 3.48. The second-order valence-electron chi connectivity index (χ2n) is 8.59. The van der Waals surface area contributed by atoms with Crippen LogP contribution >= 0.6 is 11.8 Å². The van der Waals surface area contributed by atoms with Crippen LogP contribution in [0.5, 0.6) is 0 Å². The number of ketones is 1. The Morgan fingerprint density at radius 2 is 1.75 bits per heavy atom. The van der Waals surface area contributed by atoms with Gasteiger partial charge in [0.25, 0.3) is 0 Å². The molecule has 3 aliphatic heterocycles. The van der Waals surface area contributed by atoms with Gasteiger partial charge in [-0.2, -0.15) is 0 Å². The largest absolute Gasteiger partial charge is 0.324 e. The number of Topliss-reactive ketones (excluding diaryl/α,β-unsaturated/α-hetero) is 1. The maximum Gasteiger partial charge on any atom is 0.250 e. The van der Waals surface area contributed by atoms with Crippen molar-refractivity contribution in [3.8, 4) is 0 Å². The first-order valence-electron chi connectivity index (χ1n) is 10.7. The average molecular weight is 445 g/mol. The molecule has 0 aliphatic carbocycles. The van der Waals surface area contributed by atoms with E-state index in [1.165, 1.54) is 12.1 Å². The van der Waals surface area contributed by atoms with Gasteiger partial charge in [-0.05, 0) is 23.8 Å². The van der Waals surface area contributed by atoms with E-state index in [9.17, 15) is 14.0 Å². The summed E-state index contributed by atoms with van der Waals surface area (Å²) >= 11 is 1.76. The third-order valence-electron chi connectivity index (χ3n) is 7.11. The van der Waals surface area contributed by atoms with Crippen LogP contribution in [0.2, 0.25) is 0 Å². The Kier molecular flexibility index (Phi) is 4.49. The molecule has 3 aliphatic rings. The van der Waals surface area contributed by atoms with Gasteiger partial charge in [-0.1, -0.05) is 60.7 Å². The number of nitrogens with zero attached hydrogens (tertiary/aromatic N) is 1. The first-order chi connectivity index (χ1) is 15.6. The third-order valence-corrected chi connectivity index (χ3v) is 8.15. The van der Waals surface area contributed by atoms with Gasteiger partial charge in [0, 0.05) is 40.4 Å². The molecule has 0 unspecified atom stereocenters. The fraction of sp³-hybridized carbons (Fsp3) is 0.231. The minimum absolute atomic E-state index is 0.0000274. The summed E-state index contributed by atoms with van der Waals surface area (Å²) in [6, 6.07) is 23.5. The maximum atomic E-state index is 14.5. The van der Waals surface area contributed by atoms with Gasteiger partial charge in [0.05, 0.1) is 5.92 Å². The molecule has 0 saturated carbocycles. The Morgan fingerprint density at radius 3 is 2.50 bits per heavy atom. The van der Waals surface area contributed by atoms with E-state index in [1.807, 2.05) is 48.5 Å². The number of anilines is 1. The number of hydrogen-bond donors (Lipinski definition) is 1. The number of halogens is 1. The second kappa shape index (κ2) is 7.29. The molecule has 2 fully saturated rings. The van der Waals surface area contributed by atoms with E-state index >= 15 is 0 Å². The van der Waals surface area contributed by atoms with Gasteiger partial charge in [0.2, 0.25) is 5.91 Å². The first kappa shape index (κ1) is 19.7. The number of carbonyl (C=O) groups excluding carboxylic acids is 2. The highest BCUT2D eigenvalue weighted by Gasteiger charge is 2.69. The highest BCUT2D eigenvalue weighted by molar-refractivity contribution is 7.99. The van der Waals surface area contributed by atoms with E-state index in [0.717, 1.165) is 11.3 Å². The van der Waals surface area contributed by atoms with Crippen LogP contribution in [0.4, 0.5) is 10.1 Å². The summed E-state index contributed by atoms with van der Waals surface area (Å²) < 4.78 is 14.5. The van der Waals surface area contributed by atoms with Crippen LogP contribution in [0.1, 0.15) is 27.4 Å². The molecule has 160 valence electrons.